The fourth-order valence-corrected chi connectivity index (χ4v) is 5.76. The second kappa shape index (κ2) is 13.8. The number of amides is 2. The Balaban J connectivity index is 1.87. The van der Waals surface area contributed by atoms with Crippen LogP contribution in [0.15, 0.2) is 72.8 Å². The summed E-state index contributed by atoms with van der Waals surface area (Å²) in [4.78, 5) is 28.3. The molecule has 2 amide bonds. The van der Waals surface area contributed by atoms with Gasteiger partial charge in [-0.25, -0.2) is 8.42 Å². The van der Waals surface area contributed by atoms with Crippen molar-refractivity contribution in [2.75, 3.05) is 24.2 Å². The highest BCUT2D eigenvalue weighted by Crippen LogP contribution is 2.29. The number of sulfonamides is 1. The van der Waals surface area contributed by atoms with Gasteiger partial charge in [0.2, 0.25) is 21.8 Å². The highest BCUT2D eigenvalue weighted by molar-refractivity contribution is 7.92. The molecule has 7 nitrogen and oxygen atoms in total. The number of nitrogens with one attached hydrogen (secondary N) is 1. The van der Waals surface area contributed by atoms with E-state index < -0.39 is 16.1 Å². The summed E-state index contributed by atoms with van der Waals surface area (Å²) in [5.74, 6) is -0.581. The number of nitrogens with zero attached hydrogens (tertiary/aromatic N) is 2. The van der Waals surface area contributed by atoms with Gasteiger partial charge >= 0.3 is 0 Å². The van der Waals surface area contributed by atoms with E-state index in [1.54, 1.807) is 37.3 Å². The van der Waals surface area contributed by atoms with Crippen LogP contribution >= 0.6 is 23.2 Å². The first kappa shape index (κ1) is 30.5. The molecule has 10 heteroatoms. The lowest BCUT2D eigenvalue weighted by atomic mass is 10.0. The first-order valence-electron chi connectivity index (χ1n) is 12.5. The Labute approximate surface area is 240 Å². The van der Waals surface area contributed by atoms with Gasteiger partial charge in [-0.2, -0.15) is 0 Å². The summed E-state index contributed by atoms with van der Waals surface area (Å²) in [6.45, 7) is 1.96. The summed E-state index contributed by atoms with van der Waals surface area (Å²) >= 11 is 12.7. The molecule has 0 aliphatic rings. The number of carbonyl (C=O) groups is 2. The highest BCUT2D eigenvalue weighted by Gasteiger charge is 2.30. The maximum absolute atomic E-state index is 13.7. The highest BCUT2D eigenvalue weighted by atomic mass is 35.5. The second-order valence-electron chi connectivity index (χ2n) is 9.26. The van der Waals surface area contributed by atoms with Crippen molar-refractivity contribution in [3.8, 4) is 0 Å². The average Bonchev–Trinajstić information content (AvgIpc) is 2.91. The zero-order chi connectivity index (χ0) is 28.6. The Hall–Kier alpha value is -3.07. The predicted molar refractivity (Wildman–Crippen MR) is 158 cm³/mol. The van der Waals surface area contributed by atoms with Crippen molar-refractivity contribution in [1.29, 1.82) is 0 Å². The lowest BCUT2D eigenvalue weighted by molar-refractivity contribution is -0.141. The van der Waals surface area contributed by atoms with E-state index in [0.717, 1.165) is 11.8 Å². The molecule has 0 fully saturated rings. The van der Waals surface area contributed by atoms with Gasteiger partial charge in [0.1, 0.15) is 6.04 Å². The number of hydrogen-bond donors (Lipinski definition) is 1. The van der Waals surface area contributed by atoms with Gasteiger partial charge < -0.3 is 10.2 Å². The topological polar surface area (TPSA) is 86.8 Å². The van der Waals surface area contributed by atoms with E-state index in [1.807, 2.05) is 42.5 Å². The minimum atomic E-state index is -3.64. The molecule has 0 saturated heterocycles. The molecule has 3 aromatic rings. The van der Waals surface area contributed by atoms with E-state index in [2.05, 4.69) is 5.32 Å². The average molecular weight is 591 g/mol. The molecule has 0 saturated carbocycles. The molecule has 3 rings (SSSR count). The number of rotatable bonds is 12. The zero-order valence-corrected chi connectivity index (χ0v) is 24.6. The summed E-state index contributed by atoms with van der Waals surface area (Å²) in [5.41, 5.74) is 2.72. The number of likely N-dealkylation sites (N-methyl/N-ethyl adjacent to an activating group) is 1. The maximum Gasteiger partial charge on any atom is 0.242 e. The normalized spacial score (nSPS) is 12.0. The van der Waals surface area contributed by atoms with Gasteiger partial charge in [-0.3, -0.25) is 13.9 Å². The first-order valence-corrected chi connectivity index (χ1v) is 15.1. The van der Waals surface area contributed by atoms with E-state index in [1.165, 1.54) is 16.3 Å². The van der Waals surface area contributed by atoms with E-state index in [0.29, 0.717) is 33.3 Å². The smallest absolute Gasteiger partial charge is 0.242 e. The van der Waals surface area contributed by atoms with Crippen molar-refractivity contribution in [3.63, 3.8) is 0 Å². The molecule has 3 aromatic carbocycles. The van der Waals surface area contributed by atoms with Gasteiger partial charge in [-0.05, 0) is 48.2 Å². The van der Waals surface area contributed by atoms with Crippen molar-refractivity contribution in [3.05, 3.63) is 99.5 Å². The lowest BCUT2D eigenvalue weighted by Crippen LogP contribution is -2.49. The zero-order valence-electron chi connectivity index (χ0n) is 22.2. The predicted octanol–water partition coefficient (Wildman–Crippen LogP) is 5.23. The lowest BCUT2D eigenvalue weighted by Gasteiger charge is -2.32. The van der Waals surface area contributed by atoms with Gasteiger partial charge in [0.25, 0.3) is 0 Å². The molecule has 208 valence electrons. The van der Waals surface area contributed by atoms with E-state index in [4.69, 9.17) is 23.2 Å². The van der Waals surface area contributed by atoms with Crippen molar-refractivity contribution < 1.29 is 18.0 Å². The molecule has 0 bridgehead atoms. The van der Waals surface area contributed by atoms with Gasteiger partial charge in [0, 0.05) is 43.0 Å². The molecule has 1 N–H and O–H groups in total. The number of anilines is 1. The molecule has 0 aliphatic carbocycles. The van der Waals surface area contributed by atoms with E-state index in [-0.39, 0.29) is 37.7 Å². The summed E-state index contributed by atoms with van der Waals surface area (Å²) < 4.78 is 26.6. The van der Waals surface area contributed by atoms with Crippen LogP contribution in [0, 0.1) is 6.92 Å². The summed E-state index contributed by atoms with van der Waals surface area (Å²) in [6, 6.07) is 20.9. The Morgan fingerprint density at radius 2 is 1.56 bits per heavy atom. The van der Waals surface area contributed by atoms with E-state index >= 15 is 0 Å². The molecule has 1 atom stereocenters. The number of carbonyl (C=O) groups excluding carboxylic acids is 2. The minimum absolute atomic E-state index is 0.0262. The van der Waals surface area contributed by atoms with Crippen molar-refractivity contribution in [2.45, 2.75) is 38.8 Å². The first-order chi connectivity index (χ1) is 18.5. The van der Waals surface area contributed by atoms with Crippen LogP contribution in [-0.4, -0.2) is 51.0 Å². The molecule has 0 radical (unpaired) electrons. The molecular formula is C29H33Cl2N3O4S. The van der Waals surface area contributed by atoms with Crippen LogP contribution in [0.5, 0.6) is 0 Å². The molecule has 0 aliphatic heterocycles. The molecule has 0 aromatic heterocycles. The van der Waals surface area contributed by atoms with Gasteiger partial charge in [0.05, 0.1) is 11.9 Å². The van der Waals surface area contributed by atoms with Crippen LogP contribution < -0.4 is 9.62 Å². The van der Waals surface area contributed by atoms with Crippen LogP contribution in [-0.2, 0) is 32.6 Å². The number of benzene rings is 3. The molecular weight excluding hydrogens is 557 g/mol. The van der Waals surface area contributed by atoms with Gasteiger partial charge in [-0.1, -0.05) is 77.8 Å². The largest absolute Gasteiger partial charge is 0.357 e. The van der Waals surface area contributed by atoms with Crippen LogP contribution in [0.25, 0.3) is 0 Å². The second-order valence-corrected chi connectivity index (χ2v) is 12.0. The number of hydrogen-bond acceptors (Lipinski definition) is 4. The third-order valence-electron chi connectivity index (χ3n) is 6.48. The fourth-order valence-electron chi connectivity index (χ4n) is 4.38. The SMILES string of the molecule is CNC(=O)[C@@H](Cc1ccccc1)N(Cc1ccccc1Cl)C(=O)CCCN(c1cccc(Cl)c1C)S(C)(=O)=O. The third kappa shape index (κ3) is 8.21. The number of halogens is 2. The third-order valence-corrected chi connectivity index (χ3v) is 8.43. The minimum Gasteiger partial charge on any atom is -0.357 e. The Bertz CT molecular complexity index is 1400. The summed E-state index contributed by atoms with van der Waals surface area (Å²) in [7, 11) is -2.10. The van der Waals surface area contributed by atoms with Crippen LogP contribution in [0.3, 0.4) is 0 Å². The fraction of sp³-hybridized carbons (Fsp3) is 0.310. The van der Waals surface area contributed by atoms with Crippen LogP contribution in [0.2, 0.25) is 10.0 Å². The van der Waals surface area contributed by atoms with Crippen LogP contribution in [0.4, 0.5) is 5.69 Å². The molecule has 39 heavy (non-hydrogen) atoms. The maximum atomic E-state index is 13.7. The molecule has 0 unspecified atom stereocenters. The van der Waals surface area contributed by atoms with Gasteiger partial charge in [0.15, 0.2) is 0 Å². The monoisotopic (exact) mass is 589 g/mol. The van der Waals surface area contributed by atoms with Crippen molar-refractivity contribution in [2.24, 2.45) is 0 Å². The Morgan fingerprint density at radius 3 is 2.21 bits per heavy atom. The standard InChI is InChI=1S/C29H33Cl2N3O4S/c1-21-24(30)15-9-16-26(21)34(39(3,37)38)18-10-17-28(35)33(20-23-13-7-8-14-25(23)31)27(29(36)32-2)19-22-11-5-4-6-12-22/h4-9,11-16,27H,10,17-20H2,1-3H3,(H,32,36)/t27-/m1/s1. The van der Waals surface area contributed by atoms with Crippen molar-refractivity contribution in [1.82, 2.24) is 10.2 Å². The van der Waals surface area contributed by atoms with Gasteiger partial charge in [-0.15, -0.1) is 0 Å². The molecule has 0 heterocycles. The summed E-state index contributed by atoms with van der Waals surface area (Å²) in [5, 5.41) is 3.63. The van der Waals surface area contributed by atoms with E-state index in [9.17, 15) is 18.0 Å². The quantitative estimate of drug-likeness (QED) is 0.313. The Kier molecular flexibility index (Phi) is 10.8. The van der Waals surface area contributed by atoms with Crippen LogP contribution in [0.1, 0.15) is 29.5 Å². The molecule has 0 spiro atoms. The summed E-state index contributed by atoms with van der Waals surface area (Å²) in [6.07, 6.45) is 1.70. The Morgan fingerprint density at radius 1 is 0.923 bits per heavy atom. The van der Waals surface area contributed by atoms with Crippen molar-refractivity contribution >= 4 is 50.7 Å².